The second-order valence-electron chi connectivity index (χ2n) is 5.81. The first-order valence-corrected chi connectivity index (χ1v) is 7.60. The van der Waals surface area contributed by atoms with Crippen LogP contribution in [0.4, 0.5) is 0 Å². The number of hydrogen-bond donors (Lipinski definition) is 0. The van der Waals surface area contributed by atoms with Gasteiger partial charge in [-0.1, -0.05) is 6.42 Å². The molecule has 2 atom stereocenters. The third-order valence-electron chi connectivity index (χ3n) is 4.49. The highest BCUT2D eigenvalue weighted by Crippen LogP contribution is 2.26. The van der Waals surface area contributed by atoms with Crippen LogP contribution in [0.15, 0.2) is 0 Å². The Kier molecular flexibility index (Phi) is 5.40. The van der Waals surface area contributed by atoms with E-state index in [-0.39, 0.29) is 30.0 Å². The van der Waals surface area contributed by atoms with Crippen molar-refractivity contribution in [1.82, 2.24) is 4.90 Å². The Morgan fingerprint density at radius 2 is 1.60 bits per heavy atom. The fourth-order valence-corrected chi connectivity index (χ4v) is 3.14. The molecular weight excluding hydrogens is 258 g/mol. The van der Waals surface area contributed by atoms with Crippen molar-refractivity contribution in [3.05, 3.63) is 0 Å². The number of amides is 1. The number of carbonyl (C=O) groups is 2. The van der Waals surface area contributed by atoms with Crippen LogP contribution in [0.1, 0.15) is 45.4 Å². The highest BCUT2D eigenvalue weighted by molar-refractivity contribution is 5.75. The monoisotopic (exact) mass is 283 g/mol. The fourth-order valence-electron chi connectivity index (χ4n) is 3.14. The summed E-state index contributed by atoms with van der Waals surface area (Å²) in [6.45, 7) is 2.89. The molecule has 5 nitrogen and oxygen atoms in total. The van der Waals surface area contributed by atoms with Crippen LogP contribution in [0.5, 0.6) is 0 Å². The highest BCUT2D eigenvalue weighted by Gasteiger charge is 2.32. The van der Waals surface area contributed by atoms with Crippen LogP contribution < -0.4 is 0 Å². The van der Waals surface area contributed by atoms with Gasteiger partial charge in [0.15, 0.2) is 0 Å². The van der Waals surface area contributed by atoms with Gasteiger partial charge in [0.05, 0.1) is 12.0 Å². The van der Waals surface area contributed by atoms with Crippen molar-refractivity contribution in [1.29, 1.82) is 0 Å². The van der Waals surface area contributed by atoms with E-state index in [2.05, 4.69) is 0 Å². The third-order valence-corrected chi connectivity index (χ3v) is 4.49. The van der Waals surface area contributed by atoms with Gasteiger partial charge in [-0.25, -0.2) is 0 Å². The predicted molar refractivity (Wildman–Crippen MR) is 74.1 cm³/mol. The van der Waals surface area contributed by atoms with Crippen LogP contribution in [0.25, 0.3) is 0 Å². The number of esters is 1. The lowest BCUT2D eigenvalue weighted by atomic mass is 9.93. The third kappa shape index (κ3) is 3.72. The van der Waals surface area contributed by atoms with Gasteiger partial charge in [0.25, 0.3) is 0 Å². The average Bonchev–Trinajstić information content (AvgIpc) is 2.48. The van der Waals surface area contributed by atoms with Gasteiger partial charge in [-0.2, -0.15) is 0 Å². The Hall–Kier alpha value is -1.10. The minimum atomic E-state index is -0.109. The number of rotatable bonds is 3. The minimum Gasteiger partial charge on any atom is -0.459 e. The van der Waals surface area contributed by atoms with Gasteiger partial charge in [-0.05, 0) is 32.1 Å². The van der Waals surface area contributed by atoms with E-state index >= 15 is 0 Å². The molecule has 0 aromatic heterocycles. The highest BCUT2D eigenvalue weighted by atomic mass is 16.6. The molecule has 0 radical (unpaired) electrons. The summed E-state index contributed by atoms with van der Waals surface area (Å²) in [4.78, 5) is 25.3. The summed E-state index contributed by atoms with van der Waals surface area (Å²) in [5.74, 6) is -0.0873. The number of ether oxygens (including phenoxy) is 2. The Balaban J connectivity index is 1.81. The molecular formula is C15H25NO4. The molecule has 1 aliphatic carbocycles. The molecule has 2 aliphatic rings. The van der Waals surface area contributed by atoms with E-state index < -0.39 is 0 Å². The fraction of sp³-hybridized carbons (Fsp3) is 0.867. The number of piperidine rings is 1. The van der Waals surface area contributed by atoms with E-state index in [9.17, 15) is 9.59 Å². The summed E-state index contributed by atoms with van der Waals surface area (Å²) in [7, 11) is 1.68. The predicted octanol–water partition coefficient (Wildman–Crippen LogP) is 1.75. The maximum Gasteiger partial charge on any atom is 0.309 e. The molecule has 2 fully saturated rings. The molecule has 0 unspecified atom stereocenters. The van der Waals surface area contributed by atoms with Gasteiger partial charge >= 0.3 is 5.97 Å². The van der Waals surface area contributed by atoms with Crippen LogP contribution in [0.3, 0.4) is 0 Å². The maximum atomic E-state index is 12.2. The first-order chi connectivity index (χ1) is 9.61. The molecule has 1 saturated carbocycles. The van der Waals surface area contributed by atoms with E-state index in [0.29, 0.717) is 25.9 Å². The normalized spacial score (nSPS) is 28.2. The molecule has 1 heterocycles. The summed E-state index contributed by atoms with van der Waals surface area (Å²) in [5, 5.41) is 0. The second kappa shape index (κ2) is 7.07. The van der Waals surface area contributed by atoms with Crippen molar-refractivity contribution in [3.63, 3.8) is 0 Å². The molecule has 0 N–H and O–H groups in total. The second-order valence-corrected chi connectivity index (χ2v) is 5.81. The summed E-state index contributed by atoms with van der Waals surface area (Å²) < 4.78 is 11.1. The summed E-state index contributed by atoms with van der Waals surface area (Å²) >= 11 is 0. The van der Waals surface area contributed by atoms with Gasteiger partial charge in [-0.15, -0.1) is 0 Å². The Morgan fingerprint density at radius 3 is 2.15 bits per heavy atom. The topological polar surface area (TPSA) is 55.8 Å². The largest absolute Gasteiger partial charge is 0.459 e. The smallest absolute Gasteiger partial charge is 0.309 e. The standard InChI is InChI=1S/C15H25NO4/c1-11(17)16-9-7-12(8-10-16)15(18)20-14-6-4-3-5-13(14)19-2/h12-14H,3-10H2,1-2H3/t13-,14-/m1/s1. The van der Waals surface area contributed by atoms with Crippen molar-refractivity contribution in [3.8, 4) is 0 Å². The van der Waals surface area contributed by atoms with Gasteiger partial charge in [0, 0.05) is 27.1 Å². The van der Waals surface area contributed by atoms with E-state index in [4.69, 9.17) is 9.47 Å². The molecule has 0 aromatic rings. The lowest BCUT2D eigenvalue weighted by Gasteiger charge is -2.33. The van der Waals surface area contributed by atoms with Crippen LogP contribution in [-0.4, -0.2) is 49.2 Å². The van der Waals surface area contributed by atoms with Crippen molar-refractivity contribution in [2.45, 2.75) is 57.7 Å². The number of nitrogens with zero attached hydrogens (tertiary/aromatic N) is 1. The molecule has 0 spiro atoms. The van der Waals surface area contributed by atoms with Crippen LogP contribution in [0, 0.1) is 5.92 Å². The molecule has 5 heteroatoms. The summed E-state index contributed by atoms with van der Waals surface area (Å²) in [6, 6.07) is 0. The van der Waals surface area contributed by atoms with E-state index in [1.807, 2.05) is 0 Å². The van der Waals surface area contributed by atoms with Gasteiger partial charge in [0.2, 0.25) is 5.91 Å². The Labute approximate surface area is 120 Å². The number of hydrogen-bond acceptors (Lipinski definition) is 4. The molecule has 1 amide bonds. The quantitative estimate of drug-likeness (QED) is 0.740. The van der Waals surface area contributed by atoms with Crippen LogP contribution >= 0.6 is 0 Å². The van der Waals surface area contributed by atoms with E-state index in [0.717, 1.165) is 25.7 Å². The average molecular weight is 283 g/mol. The molecule has 2 rings (SSSR count). The summed E-state index contributed by atoms with van der Waals surface area (Å²) in [6.07, 6.45) is 5.49. The van der Waals surface area contributed by atoms with Crippen molar-refractivity contribution >= 4 is 11.9 Å². The first kappa shape index (κ1) is 15.3. The molecule has 0 aromatic carbocycles. The van der Waals surface area contributed by atoms with Crippen molar-refractivity contribution < 1.29 is 19.1 Å². The zero-order valence-corrected chi connectivity index (χ0v) is 12.5. The lowest BCUT2D eigenvalue weighted by molar-refractivity contribution is -0.166. The molecule has 1 aliphatic heterocycles. The molecule has 114 valence electrons. The number of likely N-dealkylation sites (tertiary alicyclic amines) is 1. The summed E-state index contributed by atoms with van der Waals surface area (Å²) in [5.41, 5.74) is 0. The number of carbonyl (C=O) groups excluding carboxylic acids is 2. The van der Waals surface area contributed by atoms with Crippen molar-refractivity contribution in [2.75, 3.05) is 20.2 Å². The Morgan fingerprint density at radius 1 is 1.00 bits per heavy atom. The molecule has 20 heavy (non-hydrogen) atoms. The van der Waals surface area contributed by atoms with Gasteiger partial charge < -0.3 is 14.4 Å². The van der Waals surface area contributed by atoms with Gasteiger partial charge in [-0.3, -0.25) is 9.59 Å². The minimum absolute atomic E-state index is 0.0463. The SMILES string of the molecule is CO[C@@H]1CCCC[C@H]1OC(=O)C1CCN(C(C)=O)CC1. The number of methoxy groups -OCH3 is 1. The maximum absolute atomic E-state index is 12.2. The van der Waals surface area contributed by atoms with Gasteiger partial charge in [0.1, 0.15) is 6.10 Å². The Bertz CT molecular complexity index is 350. The van der Waals surface area contributed by atoms with Crippen LogP contribution in [-0.2, 0) is 19.1 Å². The molecule has 0 bridgehead atoms. The van der Waals surface area contributed by atoms with Crippen molar-refractivity contribution in [2.24, 2.45) is 5.92 Å². The van der Waals surface area contributed by atoms with Crippen LogP contribution in [0.2, 0.25) is 0 Å². The van der Waals surface area contributed by atoms with E-state index in [1.54, 1.807) is 18.9 Å². The first-order valence-electron chi connectivity index (χ1n) is 7.60. The van der Waals surface area contributed by atoms with E-state index in [1.165, 1.54) is 0 Å². The molecule has 1 saturated heterocycles. The lowest BCUT2D eigenvalue weighted by Crippen LogP contribution is -2.42. The zero-order chi connectivity index (χ0) is 14.5. The zero-order valence-electron chi connectivity index (χ0n) is 12.5.